The molecule has 30 heavy (non-hydrogen) atoms. The summed E-state index contributed by atoms with van der Waals surface area (Å²) >= 11 is 0. The van der Waals surface area contributed by atoms with E-state index in [1.54, 1.807) is 13.0 Å². The monoisotopic (exact) mass is 421 g/mol. The third-order valence-electron chi connectivity index (χ3n) is 4.00. The maximum absolute atomic E-state index is 14.1. The Labute approximate surface area is 168 Å². The highest BCUT2D eigenvalue weighted by Crippen LogP contribution is 2.34. The van der Waals surface area contributed by atoms with E-state index in [9.17, 15) is 27.2 Å². The van der Waals surface area contributed by atoms with Crippen LogP contribution in [0, 0.1) is 12.7 Å². The van der Waals surface area contributed by atoms with Crippen molar-refractivity contribution < 1.29 is 36.6 Å². The van der Waals surface area contributed by atoms with Crippen molar-refractivity contribution in [2.75, 3.05) is 0 Å². The summed E-state index contributed by atoms with van der Waals surface area (Å²) in [6.07, 6.45) is -0.595. The number of rotatable bonds is 5. The number of nitrogens with one attached hydrogen (secondary N) is 1. The van der Waals surface area contributed by atoms with Gasteiger partial charge in [-0.25, -0.2) is 4.39 Å². The number of para-hydroxylation sites is 1. The number of halogens is 4. The van der Waals surface area contributed by atoms with Crippen molar-refractivity contribution in [1.82, 2.24) is 5.32 Å². The predicted molar refractivity (Wildman–Crippen MR) is 98.6 cm³/mol. The summed E-state index contributed by atoms with van der Waals surface area (Å²) in [7, 11) is 0. The van der Waals surface area contributed by atoms with E-state index in [1.807, 2.05) is 0 Å². The number of ketones is 1. The second-order valence-electron chi connectivity index (χ2n) is 6.32. The van der Waals surface area contributed by atoms with Crippen molar-refractivity contribution in [1.29, 1.82) is 0 Å². The first kappa shape index (κ1) is 21.1. The SMILES string of the molecule is Cc1cccc(F)c1Oc1ccc(OC(F)(F)F)cc1C(=O)NC1=CC(=O)CC=C1. The predicted octanol–water partition coefficient (Wildman–Crippen LogP) is 4.97. The molecule has 0 bridgehead atoms. The number of benzene rings is 2. The molecule has 0 radical (unpaired) electrons. The Hall–Kier alpha value is -3.62. The van der Waals surface area contributed by atoms with Crippen LogP contribution in [0.3, 0.4) is 0 Å². The topological polar surface area (TPSA) is 64.6 Å². The Morgan fingerprint density at radius 2 is 1.93 bits per heavy atom. The second kappa shape index (κ2) is 8.40. The summed E-state index contributed by atoms with van der Waals surface area (Å²) in [6, 6.07) is 7.01. The van der Waals surface area contributed by atoms with Gasteiger partial charge in [0, 0.05) is 18.2 Å². The fourth-order valence-corrected chi connectivity index (χ4v) is 2.69. The first-order chi connectivity index (χ1) is 14.1. The van der Waals surface area contributed by atoms with Crippen molar-refractivity contribution in [3.05, 3.63) is 77.3 Å². The first-order valence-corrected chi connectivity index (χ1v) is 8.67. The molecule has 5 nitrogen and oxygen atoms in total. The number of hydrogen-bond donors (Lipinski definition) is 1. The normalized spacial score (nSPS) is 13.6. The maximum Gasteiger partial charge on any atom is 0.573 e. The van der Waals surface area contributed by atoms with E-state index in [2.05, 4.69) is 10.1 Å². The van der Waals surface area contributed by atoms with Gasteiger partial charge in [-0.05, 0) is 42.8 Å². The Kier molecular flexibility index (Phi) is 5.91. The van der Waals surface area contributed by atoms with Gasteiger partial charge >= 0.3 is 6.36 Å². The molecular weight excluding hydrogens is 406 g/mol. The molecule has 2 aromatic carbocycles. The summed E-state index contributed by atoms with van der Waals surface area (Å²) in [5.41, 5.74) is 0.235. The fourth-order valence-electron chi connectivity index (χ4n) is 2.69. The molecule has 156 valence electrons. The van der Waals surface area contributed by atoms with Crippen LogP contribution in [0.1, 0.15) is 22.3 Å². The summed E-state index contributed by atoms with van der Waals surface area (Å²) in [5, 5.41) is 2.42. The molecule has 0 aromatic heterocycles. The molecule has 0 fully saturated rings. The summed E-state index contributed by atoms with van der Waals surface area (Å²) in [5.74, 6) is -2.85. The van der Waals surface area contributed by atoms with E-state index in [1.165, 1.54) is 24.3 Å². The molecule has 1 aliphatic rings. The quantitative estimate of drug-likeness (QED) is 0.693. The lowest BCUT2D eigenvalue weighted by Gasteiger charge is -2.16. The van der Waals surface area contributed by atoms with Crippen LogP contribution < -0.4 is 14.8 Å². The van der Waals surface area contributed by atoms with Crippen LogP contribution in [0.5, 0.6) is 17.2 Å². The Morgan fingerprint density at radius 3 is 2.60 bits per heavy atom. The molecule has 0 heterocycles. The van der Waals surface area contributed by atoms with Crippen molar-refractivity contribution in [3.63, 3.8) is 0 Å². The number of ether oxygens (including phenoxy) is 2. The van der Waals surface area contributed by atoms with Crippen LogP contribution in [0.2, 0.25) is 0 Å². The van der Waals surface area contributed by atoms with Crippen LogP contribution in [-0.4, -0.2) is 18.1 Å². The van der Waals surface area contributed by atoms with Crippen molar-refractivity contribution >= 4 is 11.7 Å². The van der Waals surface area contributed by atoms with Gasteiger partial charge in [0.15, 0.2) is 17.3 Å². The highest BCUT2D eigenvalue weighted by atomic mass is 19.4. The number of carbonyl (C=O) groups excluding carboxylic acids is 2. The zero-order chi connectivity index (χ0) is 21.9. The lowest BCUT2D eigenvalue weighted by atomic mass is 10.1. The molecule has 0 saturated heterocycles. The van der Waals surface area contributed by atoms with Gasteiger partial charge in [-0.15, -0.1) is 13.2 Å². The minimum Gasteiger partial charge on any atom is -0.453 e. The number of hydrogen-bond acceptors (Lipinski definition) is 4. The molecule has 3 rings (SSSR count). The van der Waals surface area contributed by atoms with Gasteiger partial charge in [-0.3, -0.25) is 9.59 Å². The number of allylic oxidation sites excluding steroid dienone is 3. The molecule has 0 unspecified atom stereocenters. The lowest BCUT2D eigenvalue weighted by Crippen LogP contribution is -2.24. The average molecular weight is 421 g/mol. The molecule has 0 aliphatic heterocycles. The van der Waals surface area contributed by atoms with Gasteiger partial charge in [-0.1, -0.05) is 18.2 Å². The van der Waals surface area contributed by atoms with E-state index >= 15 is 0 Å². The second-order valence-corrected chi connectivity index (χ2v) is 6.32. The summed E-state index contributed by atoms with van der Waals surface area (Å²) < 4.78 is 61.3. The number of aryl methyl sites for hydroxylation is 1. The Bertz CT molecular complexity index is 1040. The van der Waals surface area contributed by atoms with Crippen molar-refractivity contribution in [3.8, 4) is 17.2 Å². The molecule has 1 amide bonds. The first-order valence-electron chi connectivity index (χ1n) is 8.67. The molecule has 1 N–H and O–H groups in total. The van der Waals surface area contributed by atoms with Crippen LogP contribution in [0.4, 0.5) is 17.6 Å². The largest absolute Gasteiger partial charge is 0.573 e. The number of alkyl halides is 3. The molecule has 0 atom stereocenters. The van der Waals surface area contributed by atoms with E-state index in [-0.39, 0.29) is 35.0 Å². The van der Waals surface area contributed by atoms with Crippen molar-refractivity contribution in [2.45, 2.75) is 19.7 Å². The van der Waals surface area contributed by atoms with Crippen LogP contribution >= 0.6 is 0 Å². The number of amides is 1. The Morgan fingerprint density at radius 1 is 1.17 bits per heavy atom. The van der Waals surface area contributed by atoms with Crippen LogP contribution in [0.25, 0.3) is 0 Å². The van der Waals surface area contributed by atoms with Gasteiger partial charge in [0.2, 0.25) is 0 Å². The van der Waals surface area contributed by atoms with Gasteiger partial charge in [0.1, 0.15) is 11.5 Å². The van der Waals surface area contributed by atoms with Crippen molar-refractivity contribution in [2.24, 2.45) is 0 Å². The van der Waals surface area contributed by atoms with Gasteiger partial charge in [0.05, 0.1) is 5.56 Å². The van der Waals surface area contributed by atoms with Gasteiger partial charge < -0.3 is 14.8 Å². The van der Waals surface area contributed by atoms with Gasteiger partial charge in [-0.2, -0.15) is 0 Å². The smallest absolute Gasteiger partial charge is 0.453 e. The zero-order valence-corrected chi connectivity index (χ0v) is 15.5. The molecule has 2 aromatic rings. The molecule has 1 aliphatic carbocycles. The van der Waals surface area contributed by atoms with Gasteiger partial charge in [0.25, 0.3) is 5.91 Å². The van der Waals surface area contributed by atoms with E-state index in [4.69, 9.17) is 4.74 Å². The number of carbonyl (C=O) groups is 2. The lowest BCUT2D eigenvalue weighted by molar-refractivity contribution is -0.274. The summed E-state index contributed by atoms with van der Waals surface area (Å²) in [6.45, 7) is 1.57. The third-order valence-corrected chi connectivity index (χ3v) is 4.00. The third kappa shape index (κ3) is 5.25. The molecule has 0 saturated carbocycles. The average Bonchev–Trinajstić information content (AvgIpc) is 2.64. The minimum absolute atomic E-state index is 0.159. The standard InChI is InChI=1S/C21H15F4NO4/c1-12-4-2-7-17(22)19(12)29-18-9-8-15(30-21(23,24)25)11-16(18)20(28)26-13-5-3-6-14(27)10-13/h2-5,7-11H,6H2,1H3,(H,26,28). The Balaban J connectivity index is 1.98. The zero-order valence-electron chi connectivity index (χ0n) is 15.5. The van der Waals surface area contributed by atoms with Crippen LogP contribution in [-0.2, 0) is 4.79 Å². The maximum atomic E-state index is 14.1. The van der Waals surface area contributed by atoms with E-state index < -0.39 is 23.8 Å². The highest BCUT2D eigenvalue weighted by Gasteiger charge is 2.32. The fraction of sp³-hybridized carbons (Fsp3) is 0.143. The molecular formula is C21H15F4NO4. The minimum atomic E-state index is -4.97. The highest BCUT2D eigenvalue weighted by molar-refractivity contribution is 6.00. The molecule has 0 spiro atoms. The molecule has 9 heteroatoms. The van der Waals surface area contributed by atoms with E-state index in [0.29, 0.717) is 5.56 Å². The van der Waals surface area contributed by atoms with Crippen LogP contribution in [0.15, 0.2) is 60.3 Å². The van der Waals surface area contributed by atoms with E-state index in [0.717, 1.165) is 24.3 Å². The summed E-state index contributed by atoms with van der Waals surface area (Å²) in [4.78, 5) is 24.2.